The van der Waals surface area contributed by atoms with Gasteiger partial charge in [-0.3, -0.25) is 14.4 Å². The molecule has 0 spiro atoms. The summed E-state index contributed by atoms with van der Waals surface area (Å²) in [6, 6.07) is 27.7. The Bertz CT molecular complexity index is 2560. The summed E-state index contributed by atoms with van der Waals surface area (Å²) in [5.41, 5.74) is 9.04. The molecule has 3 amide bonds. The molecule has 4 aliphatic heterocycles. The van der Waals surface area contributed by atoms with Crippen molar-refractivity contribution in [3.8, 4) is 17.2 Å². The molecule has 61 heavy (non-hydrogen) atoms. The number of carbonyl (C=O) groups is 3. The summed E-state index contributed by atoms with van der Waals surface area (Å²) in [6.07, 6.45) is 1.15. The van der Waals surface area contributed by atoms with Crippen molar-refractivity contribution >= 4 is 47.4 Å². The first-order valence-corrected chi connectivity index (χ1v) is 21.4. The van der Waals surface area contributed by atoms with Gasteiger partial charge in [0, 0.05) is 47.5 Å². The first-order valence-electron chi connectivity index (χ1n) is 20.9. The second-order valence-electron chi connectivity index (χ2n) is 16.7. The summed E-state index contributed by atoms with van der Waals surface area (Å²) in [4.78, 5) is 44.5. The van der Waals surface area contributed by atoms with Crippen molar-refractivity contribution < 1.29 is 38.8 Å². The highest BCUT2D eigenvalue weighted by Gasteiger charge is 2.43. The van der Waals surface area contributed by atoms with Gasteiger partial charge in [-0.1, -0.05) is 43.3 Å². The van der Waals surface area contributed by atoms with Crippen LogP contribution in [-0.2, 0) is 43.7 Å². The van der Waals surface area contributed by atoms with Crippen LogP contribution in [0.5, 0.6) is 17.2 Å². The molecule has 0 saturated carbocycles. The zero-order valence-electron chi connectivity index (χ0n) is 34.4. The van der Waals surface area contributed by atoms with E-state index < -0.39 is 12.2 Å². The molecule has 11 nitrogen and oxygen atoms in total. The highest BCUT2D eigenvalue weighted by molar-refractivity contribution is 7.80. The number of para-hydroxylation sites is 2. The van der Waals surface area contributed by atoms with Crippen molar-refractivity contribution in [3.63, 3.8) is 0 Å². The minimum absolute atomic E-state index is 0.0718. The van der Waals surface area contributed by atoms with E-state index in [0.717, 1.165) is 44.8 Å². The quantitative estimate of drug-likeness (QED) is 0.103. The lowest BCUT2D eigenvalue weighted by Gasteiger charge is -2.26. The summed E-state index contributed by atoms with van der Waals surface area (Å²) in [5, 5.41) is 25.9. The molecule has 0 saturated heterocycles. The van der Waals surface area contributed by atoms with Crippen molar-refractivity contribution in [2.45, 2.75) is 95.1 Å². The summed E-state index contributed by atoms with van der Waals surface area (Å²) < 4.78 is 18.6. The van der Waals surface area contributed by atoms with Crippen LogP contribution in [0.3, 0.4) is 0 Å². The largest absolute Gasteiger partial charge is 0.493 e. The van der Waals surface area contributed by atoms with Gasteiger partial charge in [-0.05, 0) is 125 Å². The van der Waals surface area contributed by atoms with Crippen LogP contribution in [0.15, 0.2) is 91.0 Å². The maximum Gasteiger partial charge on any atom is 0.259 e. The molecule has 5 aromatic carbocycles. The molecule has 314 valence electrons. The minimum atomic E-state index is -0.782. The van der Waals surface area contributed by atoms with E-state index in [1.54, 1.807) is 21.9 Å². The number of hydrogen-bond donors (Lipinski definition) is 4. The van der Waals surface area contributed by atoms with Gasteiger partial charge in [-0.15, -0.1) is 0 Å². The summed E-state index contributed by atoms with van der Waals surface area (Å²) in [6.45, 7) is 4.09. The van der Waals surface area contributed by atoms with Crippen molar-refractivity contribution in [2.24, 2.45) is 0 Å². The van der Waals surface area contributed by atoms with Crippen LogP contribution in [0.1, 0.15) is 79.4 Å². The topological polar surface area (TPSA) is 138 Å². The Hall–Kier alpha value is -5.82. The van der Waals surface area contributed by atoms with Crippen LogP contribution in [0.4, 0.5) is 17.1 Å². The standard InChI is InChI=1S/C49H49N3O8S/c1-27-14-36-33(20-42(53)40-18-31-8-4-6-10-38(31)51(40)48(36)56)22-44(27)59-25-29-15-30(17-35(16-29)50-47(55)13-12-28(2)61)26-60-46-23-34-21-43(54)41-19-32-9-5-7-11-39(32)52(41)49(57)37(34)24-45(46)58-3/h4-11,14-17,22-24,28,40-43,53-54,61H,12-13,18-21,25-26H2,1-3H3,(H,50,55)/t28?,40-,41-,42?,43?/m0/s1. The Morgan fingerprint density at radius 2 is 1.25 bits per heavy atom. The predicted octanol–water partition coefficient (Wildman–Crippen LogP) is 7.18. The number of amides is 3. The fraction of sp³-hybridized carbons (Fsp3) is 0.327. The molecule has 5 aromatic rings. The zero-order valence-corrected chi connectivity index (χ0v) is 35.3. The number of nitrogens with one attached hydrogen (secondary N) is 1. The van der Waals surface area contributed by atoms with E-state index in [1.165, 1.54) is 7.11 Å². The van der Waals surface area contributed by atoms with Gasteiger partial charge in [0.25, 0.3) is 11.8 Å². The lowest BCUT2D eigenvalue weighted by molar-refractivity contribution is -0.116. The number of ether oxygens (including phenoxy) is 3. The van der Waals surface area contributed by atoms with E-state index in [1.807, 2.05) is 92.7 Å². The molecule has 9 rings (SSSR count). The number of carbonyl (C=O) groups excluding carboxylic acids is 3. The maximum absolute atomic E-state index is 14.1. The molecule has 0 bridgehead atoms. The van der Waals surface area contributed by atoms with Crippen molar-refractivity contribution in [1.29, 1.82) is 0 Å². The van der Waals surface area contributed by atoms with Gasteiger partial charge in [0.15, 0.2) is 11.5 Å². The van der Waals surface area contributed by atoms with Gasteiger partial charge in [-0.2, -0.15) is 12.6 Å². The van der Waals surface area contributed by atoms with Crippen LogP contribution in [0, 0.1) is 6.92 Å². The number of nitrogens with zero attached hydrogens (tertiary/aromatic N) is 2. The third-order valence-corrected chi connectivity index (χ3v) is 12.6. The fourth-order valence-corrected chi connectivity index (χ4v) is 9.46. The fourth-order valence-electron chi connectivity index (χ4n) is 9.33. The minimum Gasteiger partial charge on any atom is -0.493 e. The zero-order chi connectivity index (χ0) is 42.5. The van der Waals surface area contributed by atoms with Gasteiger partial charge in [0.2, 0.25) is 5.91 Å². The molecular formula is C49H49N3O8S. The van der Waals surface area contributed by atoms with Crippen LogP contribution < -0.4 is 29.3 Å². The Labute approximate surface area is 360 Å². The second kappa shape index (κ2) is 16.6. The molecule has 0 fully saturated rings. The van der Waals surface area contributed by atoms with Crippen LogP contribution in [0.25, 0.3) is 0 Å². The molecule has 4 heterocycles. The summed E-state index contributed by atoms with van der Waals surface area (Å²) in [5.74, 6) is 0.930. The van der Waals surface area contributed by atoms with E-state index in [4.69, 9.17) is 14.2 Å². The SMILES string of the molecule is COc1cc2c(cc1OCc1cc(COc3cc4c(cc3C)C(=O)N3c5ccccc5C[C@H]3C(O)C4)cc(NC(=O)CCC(C)S)c1)CC(O)[C@@H]1Cc3ccccc3N1C2=O. The highest BCUT2D eigenvalue weighted by atomic mass is 32.1. The summed E-state index contributed by atoms with van der Waals surface area (Å²) in [7, 11) is 1.53. The molecule has 0 aromatic heterocycles. The third kappa shape index (κ3) is 7.84. The first-order chi connectivity index (χ1) is 29.4. The Morgan fingerprint density at radius 1 is 0.721 bits per heavy atom. The van der Waals surface area contributed by atoms with E-state index >= 15 is 0 Å². The number of rotatable bonds is 11. The van der Waals surface area contributed by atoms with E-state index in [2.05, 4.69) is 17.9 Å². The molecule has 3 N–H and O–H groups in total. The van der Waals surface area contributed by atoms with Gasteiger partial charge in [-0.25, -0.2) is 0 Å². The van der Waals surface area contributed by atoms with Crippen molar-refractivity contribution in [1.82, 2.24) is 0 Å². The molecule has 12 heteroatoms. The molecule has 0 radical (unpaired) electrons. The number of hydrogen-bond acceptors (Lipinski definition) is 9. The number of aryl methyl sites for hydroxylation is 1. The van der Waals surface area contributed by atoms with Crippen molar-refractivity contribution in [3.05, 3.63) is 141 Å². The van der Waals surface area contributed by atoms with Crippen LogP contribution in [0.2, 0.25) is 0 Å². The molecule has 5 atom stereocenters. The first kappa shape index (κ1) is 40.6. The smallest absolute Gasteiger partial charge is 0.259 e. The number of aliphatic hydroxyl groups is 2. The second-order valence-corrected chi connectivity index (χ2v) is 17.6. The van der Waals surface area contributed by atoms with E-state index in [-0.39, 0.29) is 54.7 Å². The van der Waals surface area contributed by atoms with Gasteiger partial charge in [0.05, 0.1) is 31.4 Å². The number of methoxy groups -OCH3 is 1. The molecule has 4 aliphatic rings. The van der Waals surface area contributed by atoms with Crippen molar-refractivity contribution in [2.75, 3.05) is 22.2 Å². The average Bonchev–Trinajstić information content (AvgIpc) is 3.79. The van der Waals surface area contributed by atoms with Crippen LogP contribution >= 0.6 is 12.6 Å². The highest BCUT2D eigenvalue weighted by Crippen LogP contribution is 2.42. The Kier molecular flexibility index (Phi) is 11.0. The third-order valence-electron chi connectivity index (χ3n) is 12.4. The van der Waals surface area contributed by atoms with Gasteiger partial charge >= 0.3 is 0 Å². The number of aliphatic hydroxyl groups excluding tert-OH is 2. The van der Waals surface area contributed by atoms with Gasteiger partial charge < -0.3 is 39.5 Å². The lowest BCUT2D eigenvalue weighted by atomic mass is 9.96. The predicted molar refractivity (Wildman–Crippen MR) is 236 cm³/mol. The molecule has 0 aliphatic carbocycles. The maximum atomic E-state index is 14.1. The Balaban J connectivity index is 0.966. The Morgan fingerprint density at radius 3 is 1.80 bits per heavy atom. The van der Waals surface area contributed by atoms with E-state index in [9.17, 15) is 24.6 Å². The number of thiol groups is 1. The molecule has 3 unspecified atom stereocenters. The number of benzene rings is 5. The normalized spacial score (nSPS) is 20.3. The average molecular weight is 840 g/mol. The number of fused-ring (bicyclic) bond motifs is 8. The van der Waals surface area contributed by atoms with E-state index in [0.29, 0.717) is 71.7 Å². The van der Waals surface area contributed by atoms with Gasteiger partial charge in [0.1, 0.15) is 19.0 Å². The van der Waals surface area contributed by atoms with Crippen LogP contribution in [-0.4, -0.2) is 64.6 Å². The lowest BCUT2D eigenvalue weighted by Crippen LogP contribution is -2.43. The monoisotopic (exact) mass is 839 g/mol. The summed E-state index contributed by atoms with van der Waals surface area (Å²) >= 11 is 4.44. The molecular weight excluding hydrogens is 791 g/mol. The number of anilines is 3.